The fourth-order valence-electron chi connectivity index (χ4n) is 1.93. The second-order valence-electron chi connectivity index (χ2n) is 5.43. The molecule has 0 spiro atoms. The third kappa shape index (κ3) is 5.71. The van der Waals surface area contributed by atoms with Gasteiger partial charge < -0.3 is 9.47 Å². The van der Waals surface area contributed by atoms with E-state index in [-0.39, 0.29) is 18.0 Å². The lowest BCUT2D eigenvalue weighted by Gasteiger charge is -2.22. The first-order valence-corrected chi connectivity index (χ1v) is 7.43. The second kappa shape index (κ2) is 9.01. The third-order valence-corrected chi connectivity index (χ3v) is 3.30. The molecule has 1 aromatic rings. The Morgan fingerprint density at radius 2 is 1.95 bits per heavy atom. The minimum atomic E-state index is -0.366. The molecule has 118 valence electrons. The van der Waals surface area contributed by atoms with Crippen molar-refractivity contribution in [2.45, 2.75) is 39.9 Å². The molecule has 1 rings (SSSR count). The number of carbonyl (C=O) groups is 1. The molecule has 0 saturated heterocycles. The van der Waals surface area contributed by atoms with Gasteiger partial charge in [-0.1, -0.05) is 32.6 Å². The molecular formula is C18H23NO3. The van der Waals surface area contributed by atoms with E-state index in [1.54, 1.807) is 19.1 Å². The van der Waals surface area contributed by atoms with Gasteiger partial charge in [0.2, 0.25) is 0 Å². The number of hydrogen-bond donors (Lipinski definition) is 0. The molecular weight excluding hydrogens is 278 g/mol. The normalized spacial score (nSPS) is 11.8. The van der Waals surface area contributed by atoms with Gasteiger partial charge >= 0.3 is 5.97 Å². The summed E-state index contributed by atoms with van der Waals surface area (Å²) in [5.41, 5.74) is 2.05. The summed E-state index contributed by atoms with van der Waals surface area (Å²) in [6.45, 7) is 10.4. The Morgan fingerprint density at radius 1 is 1.32 bits per heavy atom. The molecule has 0 bridgehead atoms. The lowest BCUT2D eigenvalue weighted by Crippen LogP contribution is -2.23. The highest BCUT2D eigenvalue weighted by atomic mass is 16.5. The molecule has 1 atom stereocenters. The van der Waals surface area contributed by atoms with Crippen LogP contribution >= 0.6 is 0 Å². The van der Waals surface area contributed by atoms with E-state index in [9.17, 15) is 4.79 Å². The molecule has 0 radical (unpaired) electrons. The Kier molecular flexibility index (Phi) is 7.34. The van der Waals surface area contributed by atoms with Crippen molar-refractivity contribution in [1.82, 2.24) is 0 Å². The van der Waals surface area contributed by atoms with Crippen molar-refractivity contribution in [3.63, 3.8) is 0 Å². The van der Waals surface area contributed by atoms with Crippen molar-refractivity contribution < 1.29 is 14.3 Å². The van der Waals surface area contributed by atoms with E-state index in [0.29, 0.717) is 30.8 Å². The van der Waals surface area contributed by atoms with E-state index in [2.05, 4.69) is 12.6 Å². The van der Waals surface area contributed by atoms with Gasteiger partial charge in [0.05, 0.1) is 31.0 Å². The lowest BCUT2D eigenvalue weighted by molar-refractivity contribution is -0.139. The molecule has 0 aliphatic carbocycles. The van der Waals surface area contributed by atoms with E-state index in [0.717, 1.165) is 5.56 Å². The van der Waals surface area contributed by atoms with Crippen LogP contribution in [0.25, 0.3) is 0 Å². The minimum Gasteiger partial charge on any atom is -0.463 e. The summed E-state index contributed by atoms with van der Waals surface area (Å²) in [6.07, 6.45) is 0.347. The van der Waals surface area contributed by atoms with Gasteiger partial charge in [-0.15, -0.1) is 0 Å². The Labute approximate surface area is 132 Å². The van der Waals surface area contributed by atoms with Gasteiger partial charge in [0.25, 0.3) is 0 Å². The predicted octanol–water partition coefficient (Wildman–Crippen LogP) is 3.61. The van der Waals surface area contributed by atoms with Crippen LogP contribution in [-0.2, 0) is 20.9 Å². The minimum absolute atomic E-state index is 0.104. The van der Waals surface area contributed by atoms with Crippen LogP contribution in [0.3, 0.4) is 0 Å². The highest BCUT2D eigenvalue weighted by Crippen LogP contribution is 2.18. The van der Waals surface area contributed by atoms with Crippen LogP contribution in [0.1, 0.15) is 38.3 Å². The number of rotatable bonds is 8. The maximum absolute atomic E-state index is 11.6. The second-order valence-corrected chi connectivity index (χ2v) is 5.43. The van der Waals surface area contributed by atoms with Crippen LogP contribution in [0, 0.1) is 17.2 Å². The molecule has 22 heavy (non-hydrogen) atoms. The number of nitrogens with zero attached hydrogens (tertiary/aromatic N) is 1. The number of benzene rings is 1. The topological polar surface area (TPSA) is 59.3 Å². The molecule has 0 amide bonds. The summed E-state index contributed by atoms with van der Waals surface area (Å²) >= 11 is 0. The SMILES string of the molecule is C=C(CC(OCc1ccc(C#N)cc1)C(C)C)C(=O)OCC. The molecule has 0 N–H and O–H groups in total. The van der Waals surface area contributed by atoms with Gasteiger partial charge in [0, 0.05) is 12.0 Å². The van der Waals surface area contributed by atoms with E-state index < -0.39 is 0 Å². The van der Waals surface area contributed by atoms with Gasteiger partial charge in [-0.2, -0.15) is 5.26 Å². The van der Waals surface area contributed by atoms with Crippen LogP contribution in [-0.4, -0.2) is 18.7 Å². The van der Waals surface area contributed by atoms with Crippen molar-refractivity contribution in [3.05, 3.63) is 47.5 Å². The van der Waals surface area contributed by atoms with Crippen molar-refractivity contribution in [1.29, 1.82) is 5.26 Å². The summed E-state index contributed by atoms with van der Waals surface area (Å²) < 4.78 is 10.9. The van der Waals surface area contributed by atoms with E-state index >= 15 is 0 Å². The third-order valence-electron chi connectivity index (χ3n) is 3.30. The number of carbonyl (C=O) groups excluding carboxylic acids is 1. The van der Waals surface area contributed by atoms with Gasteiger partial charge in [-0.05, 0) is 30.5 Å². The Hall–Kier alpha value is -2.12. The zero-order chi connectivity index (χ0) is 16.5. The average Bonchev–Trinajstić information content (AvgIpc) is 2.51. The van der Waals surface area contributed by atoms with Crippen molar-refractivity contribution in [2.75, 3.05) is 6.61 Å². The molecule has 0 fully saturated rings. The number of esters is 1. The maximum Gasteiger partial charge on any atom is 0.333 e. The van der Waals surface area contributed by atoms with E-state index in [1.807, 2.05) is 26.0 Å². The smallest absolute Gasteiger partial charge is 0.333 e. The zero-order valence-electron chi connectivity index (χ0n) is 13.5. The van der Waals surface area contributed by atoms with Crippen molar-refractivity contribution in [3.8, 4) is 6.07 Å². The maximum atomic E-state index is 11.6. The summed E-state index contributed by atoms with van der Waals surface area (Å²) in [7, 11) is 0. The van der Waals surface area contributed by atoms with Crippen LogP contribution < -0.4 is 0 Å². The largest absolute Gasteiger partial charge is 0.463 e. The Morgan fingerprint density at radius 3 is 2.45 bits per heavy atom. The van der Waals surface area contributed by atoms with Crippen LogP contribution in [0.15, 0.2) is 36.4 Å². The predicted molar refractivity (Wildman–Crippen MR) is 85.0 cm³/mol. The molecule has 1 unspecified atom stereocenters. The molecule has 1 aromatic carbocycles. The lowest BCUT2D eigenvalue weighted by atomic mass is 9.99. The Balaban J connectivity index is 2.59. The fourth-order valence-corrected chi connectivity index (χ4v) is 1.93. The van der Waals surface area contributed by atoms with Gasteiger partial charge in [0.1, 0.15) is 0 Å². The number of hydrogen-bond acceptors (Lipinski definition) is 4. The molecule has 4 heteroatoms. The number of ether oxygens (including phenoxy) is 2. The van der Waals surface area contributed by atoms with Crippen molar-refractivity contribution in [2.24, 2.45) is 5.92 Å². The molecule has 4 nitrogen and oxygen atoms in total. The quantitative estimate of drug-likeness (QED) is 0.543. The van der Waals surface area contributed by atoms with Gasteiger partial charge in [0.15, 0.2) is 0 Å². The first-order valence-electron chi connectivity index (χ1n) is 7.43. The van der Waals surface area contributed by atoms with Crippen LogP contribution in [0.4, 0.5) is 0 Å². The van der Waals surface area contributed by atoms with Crippen LogP contribution in [0.2, 0.25) is 0 Å². The molecule has 0 aliphatic heterocycles. The first kappa shape index (κ1) is 17.9. The van der Waals surface area contributed by atoms with Gasteiger partial charge in [-0.25, -0.2) is 4.79 Å². The molecule has 0 aromatic heterocycles. The van der Waals surface area contributed by atoms with Crippen molar-refractivity contribution >= 4 is 5.97 Å². The monoisotopic (exact) mass is 301 g/mol. The first-order chi connectivity index (χ1) is 10.5. The van der Waals surface area contributed by atoms with E-state index in [1.165, 1.54) is 0 Å². The Bertz CT molecular complexity index is 540. The standard InChI is InChI=1S/C18H23NO3/c1-5-21-18(20)14(4)10-17(13(2)3)22-12-16-8-6-15(11-19)7-9-16/h6-9,13,17H,4-5,10,12H2,1-3H3. The average molecular weight is 301 g/mol. The summed E-state index contributed by atoms with van der Waals surface area (Å²) in [5, 5.41) is 8.78. The number of nitriles is 1. The summed E-state index contributed by atoms with van der Waals surface area (Å²) in [4.78, 5) is 11.6. The molecule has 0 heterocycles. The van der Waals surface area contributed by atoms with E-state index in [4.69, 9.17) is 14.7 Å². The summed E-state index contributed by atoms with van der Waals surface area (Å²) in [6, 6.07) is 9.36. The molecule has 0 aliphatic rings. The zero-order valence-corrected chi connectivity index (χ0v) is 13.5. The fraction of sp³-hybridized carbons (Fsp3) is 0.444. The summed E-state index contributed by atoms with van der Waals surface area (Å²) in [5.74, 6) is -0.111. The highest BCUT2D eigenvalue weighted by Gasteiger charge is 2.19. The molecule has 0 saturated carbocycles. The van der Waals surface area contributed by atoms with Crippen LogP contribution in [0.5, 0.6) is 0 Å². The van der Waals surface area contributed by atoms with Gasteiger partial charge in [-0.3, -0.25) is 0 Å². The highest BCUT2D eigenvalue weighted by molar-refractivity contribution is 5.87.